The van der Waals surface area contributed by atoms with Gasteiger partial charge in [-0.2, -0.15) is 4.39 Å². The highest BCUT2D eigenvalue weighted by atomic mass is 19.1. The largest absolute Gasteiger partial charge is 0.453 e. The van der Waals surface area contributed by atoms with Crippen LogP contribution in [0.5, 0.6) is 0 Å². The van der Waals surface area contributed by atoms with Gasteiger partial charge in [-0.1, -0.05) is 18.2 Å². The lowest BCUT2D eigenvalue weighted by molar-refractivity contribution is -0.387. The zero-order valence-corrected chi connectivity index (χ0v) is 16.2. The van der Waals surface area contributed by atoms with Crippen molar-refractivity contribution in [3.63, 3.8) is 0 Å². The molecule has 0 saturated heterocycles. The van der Waals surface area contributed by atoms with Crippen LogP contribution in [0.2, 0.25) is 0 Å². The van der Waals surface area contributed by atoms with Crippen LogP contribution in [0.15, 0.2) is 48.7 Å². The zero-order chi connectivity index (χ0) is 21.7. The van der Waals surface area contributed by atoms with Crippen LogP contribution in [0.3, 0.4) is 0 Å². The Labute approximate surface area is 171 Å². The lowest BCUT2D eigenvalue weighted by Gasteiger charge is -2.13. The molecule has 2 aromatic carbocycles. The molecule has 0 fully saturated rings. The van der Waals surface area contributed by atoms with Gasteiger partial charge in [0.1, 0.15) is 0 Å². The number of para-hydroxylation sites is 1. The van der Waals surface area contributed by atoms with Crippen molar-refractivity contribution in [2.24, 2.45) is 0 Å². The SMILES string of the molecule is C[C@@H](OC(=O)CCCc1c[nH]c2ccccc12)C(=O)Nc1ccc(F)c([N+](=O)[O-])c1. The second kappa shape index (κ2) is 9.17. The van der Waals surface area contributed by atoms with E-state index in [1.165, 1.54) is 13.0 Å². The highest BCUT2D eigenvalue weighted by Crippen LogP contribution is 2.22. The van der Waals surface area contributed by atoms with Crippen molar-refractivity contribution in [2.75, 3.05) is 5.32 Å². The first kappa shape index (κ1) is 21.0. The lowest BCUT2D eigenvalue weighted by atomic mass is 10.1. The predicted octanol–water partition coefficient (Wildman–Crippen LogP) is 4.11. The average Bonchev–Trinajstić information content (AvgIpc) is 3.12. The molecule has 1 aromatic heterocycles. The van der Waals surface area contributed by atoms with E-state index >= 15 is 0 Å². The molecule has 1 amide bonds. The molecule has 1 heterocycles. The Hall–Kier alpha value is -3.75. The number of nitrogens with zero attached hydrogens (tertiary/aromatic N) is 1. The van der Waals surface area contributed by atoms with E-state index in [0.717, 1.165) is 28.6 Å². The molecule has 2 N–H and O–H groups in total. The maximum Gasteiger partial charge on any atom is 0.306 e. The summed E-state index contributed by atoms with van der Waals surface area (Å²) in [4.78, 5) is 37.3. The number of amides is 1. The van der Waals surface area contributed by atoms with Crippen LogP contribution >= 0.6 is 0 Å². The molecular weight excluding hydrogens is 393 g/mol. The lowest BCUT2D eigenvalue weighted by Crippen LogP contribution is -2.30. The maximum absolute atomic E-state index is 13.4. The minimum Gasteiger partial charge on any atom is -0.453 e. The van der Waals surface area contributed by atoms with Gasteiger partial charge in [0, 0.05) is 35.3 Å². The standard InChI is InChI=1S/C21H20FN3O5/c1-13(21(27)24-15-9-10-17(22)19(11-15)25(28)29)30-20(26)8-4-5-14-12-23-18-7-3-2-6-16(14)18/h2-3,6-7,9-13,23H,4-5,8H2,1H3,(H,24,27)/t13-/m1/s1. The first-order valence-electron chi connectivity index (χ1n) is 9.34. The number of benzene rings is 2. The number of carbonyl (C=O) groups excluding carboxylic acids is 2. The molecule has 3 aromatic rings. The molecule has 156 valence electrons. The number of hydrogen-bond donors (Lipinski definition) is 2. The number of nitro groups is 1. The fraction of sp³-hybridized carbons (Fsp3) is 0.238. The van der Waals surface area contributed by atoms with E-state index in [0.29, 0.717) is 12.8 Å². The first-order valence-corrected chi connectivity index (χ1v) is 9.34. The molecule has 0 aliphatic rings. The van der Waals surface area contributed by atoms with Crippen LogP contribution in [0, 0.1) is 15.9 Å². The molecular formula is C21H20FN3O5. The van der Waals surface area contributed by atoms with Gasteiger partial charge in [-0.05, 0) is 43.5 Å². The van der Waals surface area contributed by atoms with Crippen LogP contribution in [-0.4, -0.2) is 27.9 Å². The molecule has 0 saturated carbocycles. The second-order valence-electron chi connectivity index (χ2n) is 6.76. The third-order valence-electron chi connectivity index (χ3n) is 4.59. The first-order chi connectivity index (χ1) is 14.3. The smallest absolute Gasteiger partial charge is 0.306 e. The van der Waals surface area contributed by atoms with E-state index in [9.17, 15) is 24.1 Å². The quantitative estimate of drug-likeness (QED) is 0.328. The Balaban J connectivity index is 1.48. The van der Waals surface area contributed by atoms with Crippen LogP contribution in [0.4, 0.5) is 15.8 Å². The van der Waals surface area contributed by atoms with Crippen molar-refractivity contribution in [3.05, 3.63) is 70.2 Å². The molecule has 0 spiro atoms. The summed E-state index contributed by atoms with van der Waals surface area (Å²) in [7, 11) is 0. The third-order valence-corrected chi connectivity index (χ3v) is 4.59. The topological polar surface area (TPSA) is 114 Å². The van der Waals surface area contributed by atoms with Gasteiger partial charge in [-0.15, -0.1) is 0 Å². The number of ether oxygens (including phenoxy) is 1. The van der Waals surface area contributed by atoms with Gasteiger partial charge in [0.15, 0.2) is 6.10 Å². The summed E-state index contributed by atoms with van der Waals surface area (Å²) in [5.74, 6) is -2.20. The van der Waals surface area contributed by atoms with E-state index in [1.807, 2.05) is 30.5 Å². The number of aryl methyl sites for hydroxylation is 1. The number of hydrogen-bond acceptors (Lipinski definition) is 5. The Kier molecular flexibility index (Phi) is 6.41. The van der Waals surface area contributed by atoms with Gasteiger partial charge in [0.2, 0.25) is 5.82 Å². The Bertz CT molecular complexity index is 1100. The number of carbonyl (C=O) groups is 2. The Morgan fingerprint density at radius 3 is 2.80 bits per heavy atom. The van der Waals surface area contributed by atoms with Crippen molar-refractivity contribution < 1.29 is 23.6 Å². The summed E-state index contributed by atoms with van der Waals surface area (Å²) >= 11 is 0. The summed E-state index contributed by atoms with van der Waals surface area (Å²) in [6.45, 7) is 1.39. The van der Waals surface area contributed by atoms with E-state index < -0.39 is 34.4 Å². The highest BCUT2D eigenvalue weighted by molar-refractivity contribution is 5.95. The molecule has 0 radical (unpaired) electrons. The number of esters is 1. The third kappa shape index (κ3) is 4.99. The molecule has 8 nitrogen and oxygen atoms in total. The van der Waals surface area contributed by atoms with Gasteiger partial charge in [0.05, 0.1) is 4.92 Å². The number of halogens is 1. The Morgan fingerprint density at radius 2 is 2.03 bits per heavy atom. The van der Waals surface area contributed by atoms with Crippen LogP contribution in [0.1, 0.15) is 25.3 Å². The van der Waals surface area contributed by atoms with Gasteiger partial charge in [-0.3, -0.25) is 19.7 Å². The van der Waals surface area contributed by atoms with Crippen molar-refractivity contribution >= 4 is 34.2 Å². The van der Waals surface area contributed by atoms with Gasteiger partial charge < -0.3 is 15.0 Å². The number of anilines is 1. The van der Waals surface area contributed by atoms with Gasteiger partial charge in [-0.25, -0.2) is 0 Å². The summed E-state index contributed by atoms with van der Waals surface area (Å²) in [6, 6.07) is 10.9. The van der Waals surface area contributed by atoms with E-state index in [1.54, 1.807) is 0 Å². The second-order valence-corrected chi connectivity index (χ2v) is 6.76. The number of nitrogens with one attached hydrogen (secondary N) is 2. The van der Waals surface area contributed by atoms with E-state index in [-0.39, 0.29) is 12.1 Å². The zero-order valence-electron chi connectivity index (χ0n) is 16.2. The van der Waals surface area contributed by atoms with E-state index in [4.69, 9.17) is 4.74 Å². The summed E-state index contributed by atoms with van der Waals surface area (Å²) in [5, 5.41) is 14.3. The monoisotopic (exact) mass is 413 g/mol. The summed E-state index contributed by atoms with van der Waals surface area (Å²) < 4.78 is 18.5. The summed E-state index contributed by atoms with van der Waals surface area (Å²) in [6.07, 6.45) is 2.18. The molecule has 0 bridgehead atoms. The van der Waals surface area contributed by atoms with Gasteiger partial charge >= 0.3 is 11.7 Å². The highest BCUT2D eigenvalue weighted by Gasteiger charge is 2.20. The van der Waals surface area contributed by atoms with Gasteiger partial charge in [0.25, 0.3) is 5.91 Å². The fourth-order valence-corrected chi connectivity index (χ4v) is 3.05. The normalized spacial score (nSPS) is 11.8. The number of aromatic amines is 1. The summed E-state index contributed by atoms with van der Waals surface area (Å²) in [5.41, 5.74) is 1.41. The molecule has 30 heavy (non-hydrogen) atoms. The minimum absolute atomic E-state index is 0.0373. The molecule has 0 aliphatic carbocycles. The molecule has 0 unspecified atom stereocenters. The number of H-pyrrole nitrogens is 1. The molecule has 0 aliphatic heterocycles. The minimum atomic E-state index is -1.10. The molecule has 9 heteroatoms. The Morgan fingerprint density at radius 1 is 1.27 bits per heavy atom. The number of fused-ring (bicyclic) bond motifs is 1. The maximum atomic E-state index is 13.4. The molecule has 1 atom stereocenters. The average molecular weight is 413 g/mol. The van der Waals surface area contributed by atoms with Crippen LogP contribution < -0.4 is 5.32 Å². The predicted molar refractivity (Wildman–Crippen MR) is 108 cm³/mol. The molecule has 3 rings (SSSR count). The van der Waals surface area contributed by atoms with Crippen molar-refractivity contribution in [2.45, 2.75) is 32.3 Å². The van der Waals surface area contributed by atoms with Crippen LogP contribution in [-0.2, 0) is 20.7 Å². The number of aromatic nitrogens is 1. The van der Waals surface area contributed by atoms with Crippen molar-refractivity contribution in [1.29, 1.82) is 0 Å². The number of nitro benzene ring substituents is 1. The van der Waals surface area contributed by atoms with Crippen molar-refractivity contribution in [1.82, 2.24) is 4.98 Å². The fourth-order valence-electron chi connectivity index (χ4n) is 3.05. The van der Waals surface area contributed by atoms with Crippen LogP contribution in [0.25, 0.3) is 10.9 Å². The van der Waals surface area contributed by atoms with E-state index in [2.05, 4.69) is 10.3 Å². The number of rotatable bonds is 8. The van der Waals surface area contributed by atoms with Crippen molar-refractivity contribution in [3.8, 4) is 0 Å².